The molecule has 0 fully saturated rings. The van der Waals surface area contributed by atoms with Gasteiger partial charge in [-0.25, -0.2) is 4.39 Å². The predicted octanol–water partition coefficient (Wildman–Crippen LogP) is 4.63. The number of nitrogens with one attached hydrogen (secondary N) is 1. The van der Waals surface area contributed by atoms with Crippen LogP contribution in [0.4, 0.5) is 4.39 Å². The highest BCUT2D eigenvalue weighted by atomic mass is 32.2. The normalized spacial score (nSPS) is 12.7. The molecule has 1 aromatic carbocycles. The number of rotatable bonds is 4. The molecule has 0 saturated carbocycles. The van der Waals surface area contributed by atoms with Gasteiger partial charge in [0, 0.05) is 10.9 Å². The molecule has 1 aromatic heterocycles. The van der Waals surface area contributed by atoms with Gasteiger partial charge < -0.3 is 5.32 Å². The Hall–Kier alpha value is -0.840. The summed E-state index contributed by atoms with van der Waals surface area (Å²) < 4.78 is 14.9. The van der Waals surface area contributed by atoms with Crippen LogP contribution in [-0.4, -0.2) is 7.05 Å². The molecule has 18 heavy (non-hydrogen) atoms. The first kappa shape index (κ1) is 13.6. The van der Waals surface area contributed by atoms with Crippen molar-refractivity contribution in [2.45, 2.75) is 29.0 Å². The Bertz CT molecular complexity index is 523. The number of aryl methyl sites for hydroxylation is 1. The third-order valence-corrected chi connectivity index (χ3v) is 5.01. The summed E-state index contributed by atoms with van der Waals surface area (Å²) >= 11 is 3.40. The minimum absolute atomic E-state index is 0.136. The first-order chi connectivity index (χ1) is 8.61. The van der Waals surface area contributed by atoms with Crippen LogP contribution >= 0.6 is 23.1 Å². The summed E-state index contributed by atoms with van der Waals surface area (Å²) in [4.78, 5) is 1.12. The van der Waals surface area contributed by atoms with E-state index in [0.29, 0.717) is 5.56 Å². The van der Waals surface area contributed by atoms with Crippen molar-refractivity contribution in [1.29, 1.82) is 0 Å². The van der Waals surface area contributed by atoms with E-state index in [1.54, 1.807) is 29.2 Å². The molecule has 0 spiro atoms. The summed E-state index contributed by atoms with van der Waals surface area (Å²) in [7, 11) is 1.89. The molecule has 1 unspecified atom stereocenters. The van der Waals surface area contributed by atoms with Gasteiger partial charge in [-0.1, -0.05) is 17.8 Å². The molecular weight excluding hydrogens is 265 g/mol. The molecule has 96 valence electrons. The van der Waals surface area contributed by atoms with Gasteiger partial charge in [0.2, 0.25) is 0 Å². The maximum absolute atomic E-state index is 13.7. The summed E-state index contributed by atoms with van der Waals surface area (Å²) in [5.41, 5.74) is 1.71. The van der Waals surface area contributed by atoms with Gasteiger partial charge in [-0.05, 0) is 55.6 Å². The van der Waals surface area contributed by atoms with E-state index in [2.05, 4.69) is 16.8 Å². The summed E-state index contributed by atoms with van der Waals surface area (Å²) in [5, 5.41) is 5.23. The molecular formula is C14H16FNS2. The fourth-order valence-electron chi connectivity index (χ4n) is 1.68. The van der Waals surface area contributed by atoms with Crippen molar-refractivity contribution < 1.29 is 4.39 Å². The minimum atomic E-state index is -0.136. The quantitative estimate of drug-likeness (QED) is 0.877. The minimum Gasteiger partial charge on any atom is -0.313 e. The highest BCUT2D eigenvalue weighted by Crippen LogP contribution is 2.36. The third-order valence-electron chi connectivity index (χ3n) is 2.90. The molecule has 2 rings (SSSR count). The lowest BCUT2D eigenvalue weighted by Crippen LogP contribution is -2.13. The van der Waals surface area contributed by atoms with E-state index in [0.717, 1.165) is 10.5 Å². The Balaban J connectivity index is 2.40. The van der Waals surface area contributed by atoms with Crippen LogP contribution in [0, 0.1) is 12.7 Å². The maximum Gasteiger partial charge on any atom is 0.126 e. The largest absolute Gasteiger partial charge is 0.313 e. The van der Waals surface area contributed by atoms with Crippen LogP contribution in [0.5, 0.6) is 0 Å². The molecule has 0 radical (unpaired) electrons. The van der Waals surface area contributed by atoms with E-state index in [1.807, 2.05) is 33.0 Å². The molecule has 0 aliphatic carbocycles. The molecule has 2 aromatic rings. The average Bonchev–Trinajstić information content (AvgIpc) is 2.85. The molecule has 4 heteroatoms. The predicted molar refractivity (Wildman–Crippen MR) is 77.1 cm³/mol. The molecule has 0 saturated heterocycles. The monoisotopic (exact) mass is 281 g/mol. The second kappa shape index (κ2) is 5.87. The van der Waals surface area contributed by atoms with Gasteiger partial charge in [-0.3, -0.25) is 0 Å². The van der Waals surface area contributed by atoms with Crippen LogP contribution in [0.15, 0.2) is 38.8 Å². The van der Waals surface area contributed by atoms with Crippen molar-refractivity contribution in [1.82, 2.24) is 5.32 Å². The van der Waals surface area contributed by atoms with Gasteiger partial charge in [-0.2, -0.15) is 0 Å². The Kier molecular flexibility index (Phi) is 4.43. The first-order valence-corrected chi connectivity index (χ1v) is 7.50. The van der Waals surface area contributed by atoms with Gasteiger partial charge in [-0.15, -0.1) is 11.3 Å². The average molecular weight is 281 g/mol. The Labute approximate surface area is 115 Å². The van der Waals surface area contributed by atoms with Crippen LogP contribution in [-0.2, 0) is 0 Å². The van der Waals surface area contributed by atoms with Crippen LogP contribution in [0.3, 0.4) is 0 Å². The van der Waals surface area contributed by atoms with E-state index < -0.39 is 0 Å². The molecule has 1 atom stereocenters. The fraction of sp³-hybridized carbons (Fsp3) is 0.286. The number of thiophene rings is 1. The van der Waals surface area contributed by atoms with Crippen LogP contribution in [0.25, 0.3) is 0 Å². The summed E-state index contributed by atoms with van der Waals surface area (Å²) in [5.74, 6) is -0.136. The van der Waals surface area contributed by atoms with Crippen molar-refractivity contribution in [3.63, 3.8) is 0 Å². The lowest BCUT2D eigenvalue weighted by molar-refractivity contribution is 0.594. The highest BCUT2D eigenvalue weighted by Gasteiger charge is 2.13. The highest BCUT2D eigenvalue weighted by molar-refractivity contribution is 8.01. The molecule has 0 bridgehead atoms. The van der Waals surface area contributed by atoms with Gasteiger partial charge in [0.1, 0.15) is 5.82 Å². The number of hydrogen-bond acceptors (Lipinski definition) is 3. The van der Waals surface area contributed by atoms with Crippen molar-refractivity contribution in [3.05, 3.63) is 46.6 Å². The first-order valence-electron chi connectivity index (χ1n) is 5.80. The van der Waals surface area contributed by atoms with Gasteiger partial charge in [0.05, 0.1) is 4.21 Å². The lowest BCUT2D eigenvalue weighted by atomic mass is 10.1. The summed E-state index contributed by atoms with van der Waals surface area (Å²) in [6.07, 6.45) is 0. The molecule has 0 aliphatic heterocycles. The molecule has 0 aliphatic rings. The third kappa shape index (κ3) is 2.94. The van der Waals surface area contributed by atoms with E-state index in [4.69, 9.17) is 0 Å². The Morgan fingerprint density at radius 2 is 2.17 bits per heavy atom. The molecule has 0 amide bonds. The van der Waals surface area contributed by atoms with E-state index in [1.165, 1.54) is 4.21 Å². The van der Waals surface area contributed by atoms with E-state index >= 15 is 0 Å². The summed E-state index contributed by atoms with van der Waals surface area (Å²) in [6, 6.07) is 7.84. The van der Waals surface area contributed by atoms with Crippen molar-refractivity contribution in [2.75, 3.05) is 7.05 Å². The van der Waals surface area contributed by atoms with Crippen LogP contribution < -0.4 is 5.32 Å². The number of hydrogen-bond donors (Lipinski definition) is 1. The molecule has 1 N–H and O–H groups in total. The lowest BCUT2D eigenvalue weighted by Gasteiger charge is -2.16. The topological polar surface area (TPSA) is 12.0 Å². The molecule has 1 nitrogen and oxygen atoms in total. The van der Waals surface area contributed by atoms with Gasteiger partial charge in [0.25, 0.3) is 0 Å². The zero-order valence-electron chi connectivity index (χ0n) is 10.7. The van der Waals surface area contributed by atoms with Crippen molar-refractivity contribution >= 4 is 23.1 Å². The molecule has 1 heterocycles. The number of benzene rings is 1. The zero-order valence-corrected chi connectivity index (χ0v) is 12.3. The van der Waals surface area contributed by atoms with Crippen LogP contribution in [0.2, 0.25) is 0 Å². The fourth-order valence-corrected chi connectivity index (χ4v) is 3.71. The zero-order chi connectivity index (χ0) is 13.1. The van der Waals surface area contributed by atoms with Crippen molar-refractivity contribution in [3.8, 4) is 0 Å². The van der Waals surface area contributed by atoms with E-state index in [9.17, 15) is 4.39 Å². The van der Waals surface area contributed by atoms with Crippen LogP contribution in [0.1, 0.15) is 24.1 Å². The Morgan fingerprint density at radius 3 is 2.78 bits per heavy atom. The summed E-state index contributed by atoms with van der Waals surface area (Å²) in [6.45, 7) is 3.85. The standard InChI is InChI=1S/C14H16FNS2/c1-9-7-13(18-14-5-4-6-17-14)11(8-12(9)15)10(2)16-3/h4-8,10,16H,1-3H3. The second-order valence-corrected chi connectivity index (χ2v) is 6.47. The SMILES string of the molecule is CNC(C)c1cc(F)c(C)cc1Sc1cccs1. The van der Waals surface area contributed by atoms with E-state index in [-0.39, 0.29) is 11.9 Å². The smallest absolute Gasteiger partial charge is 0.126 e. The maximum atomic E-state index is 13.7. The van der Waals surface area contributed by atoms with Gasteiger partial charge >= 0.3 is 0 Å². The Morgan fingerprint density at radius 1 is 1.39 bits per heavy atom. The second-order valence-electron chi connectivity index (χ2n) is 4.18. The number of halogens is 1. The van der Waals surface area contributed by atoms with Crippen molar-refractivity contribution in [2.24, 2.45) is 0 Å². The van der Waals surface area contributed by atoms with Gasteiger partial charge in [0.15, 0.2) is 0 Å².